The first kappa shape index (κ1) is 20.4. The van der Waals surface area contributed by atoms with E-state index in [9.17, 15) is 14.0 Å². The molecule has 2 heterocycles. The van der Waals surface area contributed by atoms with E-state index in [0.29, 0.717) is 5.82 Å². The van der Waals surface area contributed by atoms with Crippen LogP contribution in [0.25, 0.3) is 16.4 Å². The summed E-state index contributed by atoms with van der Waals surface area (Å²) in [5.41, 5.74) is 1.47. The number of halogens is 1. The molecule has 0 bridgehead atoms. The number of para-hydroxylation sites is 1. The zero-order valence-electron chi connectivity index (χ0n) is 16.2. The number of esters is 1. The van der Waals surface area contributed by atoms with E-state index >= 15 is 0 Å². The molecule has 9 heteroatoms. The number of ether oxygens (including phenoxy) is 1. The van der Waals surface area contributed by atoms with Gasteiger partial charge in [0.15, 0.2) is 12.4 Å². The molecule has 2 aromatic heterocycles. The molecule has 31 heavy (non-hydrogen) atoms. The second kappa shape index (κ2) is 9.31. The van der Waals surface area contributed by atoms with Crippen molar-refractivity contribution in [1.29, 1.82) is 0 Å². The predicted octanol–water partition coefficient (Wildman–Crippen LogP) is 3.61. The fourth-order valence-corrected chi connectivity index (χ4v) is 3.46. The third kappa shape index (κ3) is 5.01. The maximum atomic E-state index is 12.9. The third-order valence-electron chi connectivity index (χ3n) is 4.27. The Morgan fingerprint density at radius 3 is 2.52 bits per heavy atom. The molecule has 156 valence electrons. The third-order valence-corrected chi connectivity index (χ3v) is 5.14. The van der Waals surface area contributed by atoms with Crippen molar-refractivity contribution in [1.82, 2.24) is 20.1 Å². The molecular weight excluding hydrogens is 419 g/mol. The number of nitrogens with zero attached hydrogens (tertiary/aromatic N) is 3. The smallest absolute Gasteiger partial charge is 0.378 e. The minimum atomic E-state index is -0.801. The number of hydrogen-bond donors (Lipinski definition) is 1. The number of rotatable bonds is 7. The van der Waals surface area contributed by atoms with Gasteiger partial charge in [-0.2, -0.15) is 4.98 Å². The average Bonchev–Trinajstić information content (AvgIpc) is 3.47. The Bertz CT molecular complexity index is 1180. The number of amides is 1. The first-order valence-corrected chi connectivity index (χ1v) is 10.2. The molecule has 0 aliphatic carbocycles. The Morgan fingerprint density at radius 2 is 1.81 bits per heavy atom. The summed E-state index contributed by atoms with van der Waals surface area (Å²) in [7, 11) is 0. The van der Waals surface area contributed by atoms with Gasteiger partial charge in [-0.15, -0.1) is 16.4 Å². The van der Waals surface area contributed by atoms with E-state index in [1.807, 2.05) is 47.8 Å². The fraction of sp³-hybridized carbons (Fsp3) is 0.0909. The maximum Gasteiger partial charge on any atom is 0.378 e. The number of carbonyl (C=O) groups is 2. The largest absolute Gasteiger partial charge is 0.450 e. The van der Waals surface area contributed by atoms with Gasteiger partial charge >= 0.3 is 5.97 Å². The van der Waals surface area contributed by atoms with Gasteiger partial charge in [0, 0.05) is 6.54 Å². The zero-order valence-corrected chi connectivity index (χ0v) is 17.0. The van der Waals surface area contributed by atoms with Gasteiger partial charge in [-0.1, -0.05) is 36.4 Å². The zero-order chi connectivity index (χ0) is 21.6. The van der Waals surface area contributed by atoms with Crippen molar-refractivity contribution >= 4 is 23.2 Å². The van der Waals surface area contributed by atoms with Crippen LogP contribution in [-0.2, 0) is 16.1 Å². The number of thiophene rings is 1. The van der Waals surface area contributed by atoms with Gasteiger partial charge in [0.2, 0.25) is 0 Å². The molecule has 0 saturated carbocycles. The lowest BCUT2D eigenvalue weighted by molar-refractivity contribution is -0.124. The lowest BCUT2D eigenvalue weighted by atomic mass is 10.2. The molecule has 0 radical (unpaired) electrons. The Kier molecular flexibility index (Phi) is 6.13. The maximum absolute atomic E-state index is 12.9. The number of benzene rings is 2. The van der Waals surface area contributed by atoms with Crippen molar-refractivity contribution in [2.75, 3.05) is 6.61 Å². The number of aromatic nitrogens is 3. The van der Waals surface area contributed by atoms with Crippen LogP contribution in [0.2, 0.25) is 0 Å². The summed E-state index contributed by atoms with van der Waals surface area (Å²) in [6.45, 7) is -0.283. The molecule has 1 amide bonds. The fourth-order valence-electron chi connectivity index (χ4n) is 2.76. The molecule has 0 saturated heterocycles. The van der Waals surface area contributed by atoms with Crippen LogP contribution in [0.15, 0.2) is 72.1 Å². The van der Waals surface area contributed by atoms with Crippen molar-refractivity contribution in [2.45, 2.75) is 6.54 Å². The second-order valence-corrected chi connectivity index (χ2v) is 7.41. The van der Waals surface area contributed by atoms with E-state index in [2.05, 4.69) is 15.4 Å². The highest BCUT2D eigenvalue weighted by molar-refractivity contribution is 7.13. The SMILES string of the molecule is O=C(COC(=O)c1nc(-c2cccs2)n(-c2ccccc2)n1)NCc1ccc(F)cc1. The van der Waals surface area contributed by atoms with E-state index < -0.39 is 18.5 Å². The summed E-state index contributed by atoms with van der Waals surface area (Å²) in [6, 6.07) is 18.8. The van der Waals surface area contributed by atoms with Crippen LogP contribution in [-0.4, -0.2) is 33.2 Å². The highest BCUT2D eigenvalue weighted by Crippen LogP contribution is 2.25. The monoisotopic (exact) mass is 436 g/mol. The summed E-state index contributed by atoms with van der Waals surface area (Å²) >= 11 is 1.47. The molecule has 0 aliphatic rings. The molecule has 0 aliphatic heterocycles. The molecule has 7 nitrogen and oxygen atoms in total. The minimum absolute atomic E-state index is 0.140. The molecule has 1 N–H and O–H groups in total. The molecular formula is C22H17FN4O3S. The number of nitrogens with one attached hydrogen (secondary N) is 1. The van der Waals surface area contributed by atoms with Crippen LogP contribution in [0.4, 0.5) is 4.39 Å². The molecule has 0 unspecified atom stereocenters. The first-order chi connectivity index (χ1) is 15.1. The topological polar surface area (TPSA) is 86.1 Å². The van der Waals surface area contributed by atoms with Gasteiger partial charge in [-0.3, -0.25) is 4.79 Å². The van der Waals surface area contributed by atoms with Gasteiger partial charge in [0.25, 0.3) is 11.7 Å². The van der Waals surface area contributed by atoms with Crippen molar-refractivity contribution in [3.63, 3.8) is 0 Å². The highest BCUT2D eigenvalue weighted by atomic mass is 32.1. The average molecular weight is 436 g/mol. The van der Waals surface area contributed by atoms with E-state index in [4.69, 9.17) is 4.74 Å². The van der Waals surface area contributed by atoms with Gasteiger partial charge < -0.3 is 10.1 Å². The summed E-state index contributed by atoms with van der Waals surface area (Å²) in [4.78, 5) is 29.6. The Morgan fingerprint density at radius 1 is 1.03 bits per heavy atom. The van der Waals surface area contributed by atoms with E-state index in [0.717, 1.165) is 16.1 Å². The van der Waals surface area contributed by atoms with E-state index in [1.165, 1.54) is 23.5 Å². The lowest BCUT2D eigenvalue weighted by Gasteiger charge is -2.05. The van der Waals surface area contributed by atoms with Gasteiger partial charge in [0.05, 0.1) is 10.6 Å². The van der Waals surface area contributed by atoms with Crippen molar-refractivity contribution in [3.05, 3.63) is 89.3 Å². The van der Waals surface area contributed by atoms with Crippen LogP contribution in [0.5, 0.6) is 0 Å². The summed E-state index contributed by atoms with van der Waals surface area (Å²) in [6.07, 6.45) is 0. The first-order valence-electron chi connectivity index (χ1n) is 9.35. The van der Waals surface area contributed by atoms with E-state index in [-0.39, 0.29) is 18.2 Å². The minimum Gasteiger partial charge on any atom is -0.450 e. The standard InChI is InChI=1S/C22H17FN4O3S/c23-16-10-8-15(9-11-16)13-24-19(28)14-30-22(29)20-25-21(18-7-4-12-31-18)27(26-20)17-5-2-1-3-6-17/h1-12H,13-14H2,(H,24,28). The quantitative estimate of drug-likeness (QED) is 0.448. The summed E-state index contributed by atoms with van der Waals surface area (Å²) < 4.78 is 19.6. The predicted molar refractivity (Wildman–Crippen MR) is 113 cm³/mol. The highest BCUT2D eigenvalue weighted by Gasteiger charge is 2.21. The molecule has 4 aromatic rings. The normalized spacial score (nSPS) is 10.6. The van der Waals surface area contributed by atoms with Crippen LogP contribution >= 0.6 is 11.3 Å². The van der Waals surface area contributed by atoms with Crippen molar-refractivity contribution in [2.24, 2.45) is 0 Å². The molecule has 4 rings (SSSR count). The van der Waals surface area contributed by atoms with E-state index in [1.54, 1.807) is 16.8 Å². The Labute approximate surface area is 181 Å². The van der Waals surface area contributed by atoms with Gasteiger partial charge in [-0.25, -0.2) is 13.9 Å². The van der Waals surface area contributed by atoms with Gasteiger partial charge in [-0.05, 0) is 41.3 Å². The summed E-state index contributed by atoms with van der Waals surface area (Å²) in [5, 5.41) is 8.80. The second-order valence-electron chi connectivity index (χ2n) is 6.46. The summed E-state index contributed by atoms with van der Waals surface area (Å²) in [5.74, 6) is -1.27. The van der Waals surface area contributed by atoms with Crippen molar-refractivity contribution < 1.29 is 18.7 Å². The number of hydrogen-bond acceptors (Lipinski definition) is 6. The molecule has 0 fully saturated rings. The van der Waals surface area contributed by atoms with Crippen LogP contribution in [0, 0.1) is 5.82 Å². The van der Waals surface area contributed by atoms with Crippen LogP contribution in [0.3, 0.4) is 0 Å². The Hall–Kier alpha value is -3.85. The van der Waals surface area contributed by atoms with Crippen molar-refractivity contribution in [3.8, 4) is 16.4 Å². The number of carbonyl (C=O) groups excluding carboxylic acids is 2. The van der Waals surface area contributed by atoms with Gasteiger partial charge in [0.1, 0.15) is 5.82 Å². The Balaban J connectivity index is 1.42. The lowest BCUT2D eigenvalue weighted by Crippen LogP contribution is -2.28. The molecule has 0 spiro atoms. The van der Waals surface area contributed by atoms with Crippen LogP contribution in [0.1, 0.15) is 16.2 Å². The molecule has 0 atom stereocenters. The molecule has 2 aromatic carbocycles. The van der Waals surface area contributed by atoms with Crippen LogP contribution < -0.4 is 5.32 Å².